The van der Waals surface area contributed by atoms with Gasteiger partial charge >= 0.3 is 0 Å². The number of sulfonamides is 1. The van der Waals surface area contributed by atoms with Gasteiger partial charge in [-0.3, -0.25) is 9.10 Å². The highest BCUT2D eigenvalue weighted by molar-refractivity contribution is 7.92. The lowest BCUT2D eigenvalue weighted by molar-refractivity contribution is -0.120. The maximum Gasteiger partial charge on any atom is 0.264 e. The highest BCUT2D eigenvalue weighted by atomic mass is 35.5. The highest BCUT2D eigenvalue weighted by Gasteiger charge is 2.30. The number of nitrogens with one attached hydrogen (secondary N) is 1. The Morgan fingerprint density at radius 3 is 2.63 bits per heavy atom. The number of benzene rings is 2. The van der Waals surface area contributed by atoms with Crippen LogP contribution in [0.15, 0.2) is 47.4 Å². The largest absolute Gasteiger partial charge is 0.495 e. The molecule has 1 fully saturated rings. The fourth-order valence-corrected chi connectivity index (χ4v) is 4.80. The standard InChI is InChI=1S/C21H25ClN2O5S/c1-15-5-8-18(9-6-15)30(26,27)24(19-12-16(22)7-10-20(19)28-2)14-21(25)23-13-17-4-3-11-29-17/h5-10,12,17H,3-4,11,13-14H2,1-2H3,(H,23,25). The molecule has 1 aliphatic heterocycles. The summed E-state index contributed by atoms with van der Waals surface area (Å²) in [6.07, 6.45) is 1.78. The van der Waals surface area contributed by atoms with Gasteiger partial charge in [-0.2, -0.15) is 0 Å². The van der Waals surface area contributed by atoms with E-state index in [-0.39, 0.29) is 16.7 Å². The monoisotopic (exact) mass is 452 g/mol. The molecule has 2 aromatic carbocycles. The zero-order chi connectivity index (χ0) is 21.7. The zero-order valence-electron chi connectivity index (χ0n) is 16.9. The van der Waals surface area contributed by atoms with Gasteiger partial charge in [0.25, 0.3) is 10.0 Å². The fourth-order valence-electron chi connectivity index (χ4n) is 3.21. The molecule has 9 heteroatoms. The van der Waals surface area contributed by atoms with Gasteiger partial charge in [0.15, 0.2) is 0 Å². The van der Waals surface area contributed by atoms with Crippen LogP contribution < -0.4 is 14.4 Å². The number of rotatable bonds is 8. The molecule has 1 N–H and O–H groups in total. The molecule has 0 aromatic heterocycles. The number of halogens is 1. The third-order valence-electron chi connectivity index (χ3n) is 4.86. The van der Waals surface area contributed by atoms with Gasteiger partial charge in [-0.25, -0.2) is 8.42 Å². The fraction of sp³-hybridized carbons (Fsp3) is 0.381. The second kappa shape index (κ2) is 9.68. The number of carbonyl (C=O) groups excluding carboxylic acids is 1. The highest BCUT2D eigenvalue weighted by Crippen LogP contribution is 2.34. The molecule has 3 rings (SSSR count). The van der Waals surface area contributed by atoms with Crippen molar-refractivity contribution in [3.63, 3.8) is 0 Å². The molecule has 1 amide bonds. The van der Waals surface area contributed by atoms with Crippen LogP contribution in [0.2, 0.25) is 5.02 Å². The number of ether oxygens (including phenoxy) is 2. The molecule has 30 heavy (non-hydrogen) atoms. The summed E-state index contributed by atoms with van der Waals surface area (Å²) in [6, 6.07) is 11.1. The van der Waals surface area contributed by atoms with E-state index in [1.165, 1.54) is 25.3 Å². The van der Waals surface area contributed by atoms with Crippen LogP contribution in [0.1, 0.15) is 18.4 Å². The molecule has 1 saturated heterocycles. The minimum Gasteiger partial charge on any atom is -0.495 e. The minimum atomic E-state index is -4.05. The first-order valence-corrected chi connectivity index (χ1v) is 11.4. The summed E-state index contributed by atoms with van der Waals surface area (Å²) in [6.45, 7) is 2.46. The van der Waals surface area contributed by atoms with Crippen LogP contribution in [0, 0.1) is 6.92 Å². The molecule has 0 saturated carbocycles. The van der Waals surface area contributed by atoms with E-state index in [1.807, 2.05) is 6.92 Å². The quantitative estimate of drug-likeness (QED) is 0.665. The smallest absolute Gasteiger partial charge is 0.264 e. The number of carbonyl (C=O) groups is 1. The summed E-state index contributed by atoms with van der Waals surface area (Å²) in [4.78, 5) is 12.7. The lowest BCUT2D eigenvalue weighted by atomic mass is 10.2. The maximum absolute atomic E-state index is 13.4. The van der Waals surface area contributed by atoms with E-state index in [0.717, 1.165) is 22.7 Å². The molecule has 162 valence electrons. The molecule has 1 unspecified atom stereocenters. The van der Waals surface area contributed by atoms with Crippen molar-refractivity contribution in [3.05, 3.63) is 53.1 Å². The predicted molar refractivity (Wildman–Crippen MR) is 116 cm³/mol. The summed E-state index contributed by atoms with van der Waals surface area (Å²) in [7, 11) is -2.62. The Morgan fingerprint density at radius 1 is 1.27 bits per heavy atom. The summed E-state index contributed by atoms with van der Waals surface area (Å²) >= 11 is 6.12. The average Bonchev–Trinajstić information content (AvgIpc) is 3.24. The molecular weight excluding hydrogens is 428 g/mol. The van der Waals surface area contributed by atoms with Gasteiger partial charge in [-0.1, -0.05) is 29.3 Å². The SMILES string of the molecule is COc1ccc(Cl)cc1N(CC(=O)NCC1CCCO1)S(=O)(=O)c1ccc(C)cc1. The van der Waals surface area contributed by atoms with Crippen molar-refractivity contribution in [2.45, 2.75) is 30.8 Å². The van der Waals surface area contributed by atoms with Crippen molar-refractivity contribution >= 4 is 33.2 Å². The van der Waals surface area contributed by atoms with Crippen LogP contribution in [-0.2, 0) is 19.6 Å². The van der Waals surface area contributed by atoms with E-state index in [2.05, 4.69) is 5.32 Å². The van der Waals surface area contributed by atoms with Crippen molar-refractivity contribution in [2.24, 2.45) is 0 Å². The first kappa shape index (κ1) is 22.4. The normalized spacial score (nSPS) is 16.3. The Labute approximate surface area is 182 Å². The predicted octanol–water partition coefficient (Wildman–Crippen LogP) is 3.15. The van der Waals surface area contributed by atoms with Gasteiger partial charge < -0.3 is 14.8 Å². The van der Waals surface area contributed by atoms with Crippen molar-refractivity contribution in [3.8, 4) is 5.75 Å². The van der Waals surface area contributed by atoms with E-state index in [9.17, 15) is 13.2 Å². The van der Waals surface area contributed by atoms with E-state index in [4.69, 9.17) is 21.1 Å². The molecule has 0 aliphatic carbocycles. The Kier molecular flexibility index (Phi) is 7.23. The molecule has 1 heterocycles. The Morgan fingerprint density at radius 2 is 2.00 bits per heavy atom. The Bertz CT molecular complexity index is 989. The van der Waals surface area contributed by atoms with Crippen LogP contribution >= 0.6 is 11.6 Å². The Hall–Kier alpha value is -2.29. The van der Waals surface area contributed by atoms with Crippen molar-refractivity contribution in [1.29, 1.82) is 0 Å². The van der Waals surface area contributed by atoms with Crippen molar-refractivity contribution < 1.29 is 22.7 Å². The molecule has 7 nitrogen and oxygen atoms in total. The number of hydrogen-bond acceptors (Lipinski definition) is 5. The van der Waals surface area contributed by atoms with Gasteiger partial charge in [0.2, 0.25) is 5.91 Å². The summed E-state index contributed by atoms with van der Waals surface area (Å²) in [5.74, 6) is -0.148. The molecule has 0 radical (unpaired) electrons. The molecular formula is C21H25ClN2O5S. The zero-order valence-corrected chi connectivity index (χ0v) is 18.5. The van der Waals surface area contributed by atoms with E-state index < -0.39 is 22.5 Å². The lowest BCUT2D eigenvalue weighted by Gasteiger charge is -2.26. The number of hydrogen-bond donors (Lipinski definition) is 1. The molecule has 1 aliphatic rings. The molecule has 1 atom stereocenters. The van der Waals surface area contributed by atoms with E-state index in [0.29, 0.717) is 23.9 Å². The van der Waals surface area contributed by atoms with Gasteiger partial charge in [0.1, 0.15) is 12.3 Å². The van der Waals surface area contributed by atoms with Gasteiger partial charge in [0, 0.05) is 18.2 Å². The van der Waals surface area contributed by atoms with Crippen LogP contribution in [0.25, 0.3) is 0 Å². The van der Waals surface area contributed by atoms with Crippen LogP contribution in [0.5, 0.6) is 5.75 Å². The molecule has 2 aromatic rings. The van der Waals surface area contributed by atoms with E-state index in [1.54, 1.807) is 24.3 Å². The summed E-state index contributed by atoms with van der Waals surface area (Å²) in [5.41, 5.74) is 1.12. The number of aryl methyl sites for hydroxylation is 1. The van der Waals surface area contributed by atoms with Crippen LogP contribution in [-0.4, -0.2) is 47.2 Å². The minimum absolute atomic E-state index is 0.0446. The summed E-state index contributed by atoms with van der Waals surface area (Å²) < 4.78 is 38.8. The van der Waals surface area contributed by atoms with Crippen LogP contribution in [0.3, 0.4) is 0 Å². The number of amides is 1. The lowest BCUT2D eigenvalue weighted by Crippen LogP contribution is -2.43. The van der Waals surface area contributed by atoms with Gasteiger partial charge in [0.05, 0.1) is 23.8 Å². The first-order valence-electron chi connectivity index (χ1n) is 9.62. The maximum atomic E-state index is 13.4. The second-order valence-electron chi connectivity index (χ2n) is 7.08. The Balaban J connectivity index is 1.93. The average molecular weight is 453 g/mol. The number of anilines is 1. The summed E-state index contributed by atoms with van der Waals surface area (Å²) in [5, 5.41) is 3.09. The van der Waals surface area contributed by atoms with Crippen molar-refractivity contribution in [1.82, 2.24) is 5.32 Å². The molecule has 0 bridgehead atoms. The number of methoxy groups -OCH3 is 1. The van der Waals surface area contributed by atoms with E-state index >= 15 is 0 Å². The topological polar surface area (TPSA) is 84.9 Å². The van der Waals surface area contributed by atoms with Crippen molar-refractivity contribution in [2.75, 3.05) is 31.1 Å². The second-order valence-corrected chi connectivity index (χ2v) is 9.38. The third kappa shape index (κ3) is 5.24. The van der Waals surface area contributed by atoms with Crippen LogP contribution in [0.4, 0.5) is 5.69 Å². The molecule has 0 spiro atoms. The van der Waals surface area contributed by atoms with Gasteiger partial charge in [-0.15, -0.1) is 0 Å². The third-order valence-corrected chi connectivity index (χ3v) is 6.87. The first-order chi connectivity index (χ1) is 14.3. The van der Waals surface area contributed by atoms with Gasteiger partial charge in [-0.05, 0) is 50.1 Å². The number of nitrogens with zero attached hydrogens (tertiary/aromatic N) is 1.